The first-order valence-electron chi connectivity index (χ1n) is 11.8. The Morgan fingerprint density at radius 2 is 1.65 bits per heavy atom. The van der Waals surface area contributed by atoms with Gasteiger partial charge in [-0.15, -0.1) is 0 Å². The number of aromatic amines is 1. The number of carboxylic acid groups (broad SMARTS) is 1. The number of amides is 4. The zero-order valence-electron chi connectivity index (χ0n) is 20.7. The summed E-state index contributed by atoms with van der Waals surface area (Å²) in [7, 11) is 0. The number of H-pyrrole nitrogens is 1. The van der Waals surface area contributed by atoms with E-state index in [1.165, 1.54) is 0 Å². The van der Waals surface area contributed by atoms with E-state index in [4.69, 9.17) is 11.5 Å². The highest BCUT2D eigenvalue weighted by atomic mass is 32.1. The minimum absolute atomic E-state index is 0.0693. The molecule has 4 unspecified atom stereocenters. The lowest BCUT2D eigenvalue weighted by atomic mass is 10.0. The molecule has 2 rings (SSSR count). The van der Waals surface area contributed by atoms with Crippen LogP contribution in [0.25, 0.3) is 10.9 Å². The number of carbonyl (C=O) groups is 5. The van der Waals surface area contributed by atoms with Crippen LogP contribution in [0.2, 0.25) is 0 Å². The van der Waals surface area contributed by atoms with Gasteiger partial charge in [0.25, 0.3) is 0 Å². The van der Waals surface area contributed by atoms with Crippen LogP contribution >= 0.6 is 12.6 Å². The van der Waals surface area contributed by atoms with Crippen LogP contribution in [0.5, 0.6) is 0 Å². The van der Waals surface area contributed by atoms with Crippen molar-refractivity contribution >= 4 is 53.1 Å². The van der Waals surface area contributed by atoms with Gasteiger partial charge < -0.3 is 37.5 Å². The molecule has 4 atom stereocenters. The van der Waals surface area contributed by atoms with E-state index in [1.54, 1.807) is 20.0 Å². The lowest BCUT2D eigenvalue weighted by molar-refractivity contribution is -0.143. The Morgan fingerprint density at radius 3 is 2.24 bits per heavy atom. The third kappa shape index (κ3) is 8.50. The summed E-state index contributed by atoms with van der Waals surface area (Å²) in [6, 6.07) is 3.08. The molecule has 1 aromatic carbocycles. The molecule has 2 aromatic rings. The van der Waals surface area contributed by atoms with Crippen LogP contribution < -0.4 is 27.4 Å². The quantitative estimate of drug-likeness (QED) is 0.148. The molecular formula is C24H34N6O6S. The van der Waals surface area contributed by atoms with Crippen molar-refractivity contribution in [3.8, 4) is 0 Å². The number of carboxylic acids is 1. The number of nitrogens with two attached hydrogens (primary N) is 2. The van der Waals surface area contributed by atoms with E-state index in [2.05, 4.69) is 33.6 Å². The number of nitrogens with one attached hydrogen (secondary N) is 4. The maximum atomic E-state index is 12.9. The first-order valence-corrected chi connectivity index (χ1v) is 12.4. The predicted octanol–water partition coefficient (Wildman–Crippen LogP) is -0.572. The molecule has 0 radical (unpaired) electrons. The van der Waals surface area contributed by atoms with E-state index in [9.17, 15) is 29.1 Å². The van der Waals surface area contributed by atoms with Gasteiger partial charge >= 0.3 is 5.97 Å². The van der Waals surface area contributed by atoms with Gasteiger partial charge in [-0.25, -0.2) is 4.79 Å². The number of para-hydroxylation sites is 1. The number of hydrogen-bond acceptors (Lipinski definition) is 7. The van der Waals surface area contributed by atoms with Gasteiger partial charge in [-0.1, -0.05) is 32.0 Å². The first-order chi connectivity index (χ1) is 17.4. The van der Waals surface area contributed by atoms with Crippen LogP contribution in [0.3, 0.4) is 0 Å². The topological polar surface area (TPSA) is 209 Å². The lowest BCUT2D eigenvalue weighted by Crippen LogP contribution is -2.59. The van der Waals surface area contributed by atoms with Crippen molar-refractivity contribution in [1.29, 1.82) is 0 Å². The number of primary amides is 1. The number of benzene rings is 1. The number of thiol groups is 1. The Balaban J connectivity index is 2.01. The van der Waals surface area contributed by atoms with Crippen molar-refractivity contribution in [2.45, 2.75) is 57.3 Å². The fraction of sp³-hybridized carbons (Fsp3) is 0.458. The molecule has 202 valence electrons. The Bertz CT molecular complexity index is 1140. The van der Waals surface area contributed by atoms with Gasteiger partial charge in [-0.05, 0) is 30.4 Å². The van der Waals surface area contributed by atoms with Crippen molar-refractivity contribution in [2.75, 3.05) is 5.75 Å². The second-order valence-electron chi connectivity index (χ2n) is 9.05. The molecule has 9 N–H and O–H groups in total. The van der Waals surface area contributed by atoms with Gasteiger partial charge in [0.15, 0.2) is 0 Å². The van der Waals surface area contributed by atoms with Gasteiger partial charge in [0, 0.05) is 29.3 Å². The van der Waals surface area contributed by atoms with Crippen molar-refractivity contribution in [3.63, 3.8) is 0 Å². The summed E-state index contributed by atoms with van der Waals surface area (Å²) in [5, 5.41) is 17.7. The van der Waals surface area contributed by atoms with E-state index in [0.717, 1.165) is 16.5 Å². The first kappa shape index (κ1) is 29.6. The summed E-state index contributed by atoms with van der Waals surface area (Å²) in [4.78, 5) is 64.0. The molecule has 0 aliphatic carbocycles. The van der Waals surface area contributed by atoms with Gasteiger partial charge in [0.2, 0.25) is 23.6 Å². The molecule has 0 saturated heterocycles. The molecule has 12 nitrogen and oxygen atoms in total. The molecule has 0 aliphatic heterocycles. The number of carbonyl (C=O) groups excluding carboxylic acids is 4. The van der Waals surface area contributed by atoms with Gasteiger partial charge in [-0.2, -0.15) is 12.6 Å². The molecule has 1 aromatic heterocycles. The summed E-state index contributed by atoms with van der Waals surface area (Å²) in [6.45, 7) is 3.32. The minimum Gasteiger partial charge on any atom is -0.480 e. The van der Waals surface area contributed by atoms with Crippen LogP contribution in [0.1, 0.15) is 32.3 Å². The number of fused-ring (bicyclic) bond motifs is 1. The van der Waals surface area contributed by atoms with Crippen molar-refractivity contribution in [2.24, 2.45) is 17.4 Å². The summed E-state index contributed by atoms with van der Waals surface area (Å²) < 4.78 is 0. The smallest absolute Gasteiger partial charge is 0.326 e. The largest absolute Gasteiger partial charge is 0.480 e. The van der Waals surface area contributed by atoms with Gasteiger partial charge in [0.1, 0.15) is 18.1 Å². The summed E-state index contributed by atoms with van der Waals surface area (Å²) in [5.74, 6) is -4.53. The fourth-order valence-corrected chi connectivity index (χ4v) is 3.95. The molecule has 0 fully saturated rings. The molecule has 1 heterocycles. The number of hydrogen-bond donors (Lipinski definition) is 8. The van der Waals surface area contributed by atoms with E-state index in [0.29, 0.717) is 0 Å². The predicted molar refractivity (Wildman–Crippen MR) is 141 cm³/mol. The van der Waals surface area contributed by atoms with Crippen molar-refractivity contribution < 1.29 is 29.1 Å². The SMILES string of the molecule is CC(C)C(NC(=O)C(CS)NC(=O)C(N)Cc1c[nH]c2ccccc12)C(=O)NC(CCC(N)=O)C(=O)O. The fourth-order valence-electron chi connectivity index (χ4n) is 3.70. The Labute approximate surface area is 219 Å². The summed E-state index contributed by atoms with van der Waals surface area (Å²) >= 11 is 4.15. The third-order valence-electron chi connectivity index (χ3n) is 5.81. The monoisotopic (exact) mass is 534 g/mol. The maximum absolute atomic E-state index is 12.9. The molecule has 37 heavy (non-hydrogen) atoms. The third-order valence-corrected chi connectivity index (χ3v) is 6.17. The molecule has 0 spiro atoms. The second-order valence-corrected chi connectivity index (χ2v) is 9.41. The molecular weight excluding hydrogens is 500 g/mol. The van der Waals surface area contributed by atoms with Gasteiger partial charge in [-0.3, -0.25) is 19.2 Å². The van der Waals surface area contributed by atoms with Crippen molar-refractivity contribution in [1.82, 2.24) is 20.9 Å². The van der Waals surface area contributed by atoms with E-state index < -0.39 is 59.7 Å². The van der Waals surface area contributed by atoms with Crippen LogP contribution in [0.4, 0.5) is 0 Å². The van der Waals surface area contributed by atoms with Crippen LogP contribution in [-0.2, 0) is 30.4 Å². The molecule has 4 amide bonds. The lowest BCUT2D eigenvalue weighted by Gasteiger charge is -2.26. The maximum Gasteiger partial charge on any atom is 0.326 e. The van der Waals surface area contributed by atoms with E-state index in [1.807, 2.05) is 24.3 Å². The number of rotatable bonds is 14. The minimum atomic E-state index is -1.36. The summed E-state index contributed by atoms with van der Waals surface area (Å²) in [5.41, 5.74) is 12.9. The standard InChI is InChI=1S/C24H34N6O6S/c1-12(2)20(23(34)28-17(24(35)36)7-8-19(26)31)30-22(33)18(11-37)29-21(32)15(25)9-13-10-27-16-6-4-3-5-14(13)16/h3-6,10,12,15,17-18,20,27,37H,7-9,11,25H2,1-2H3,(H2,26,31)(H,28,34)(H,29,32)(H,30,33)(H,35,36). The average molecular weight is 535 g/mol. The van der Waals surface area contributed by atoms with Crippen molar-refractivity contribution in [3.05, 3.63) is 36.0 Å². The highest BCUT2D eigenvalue weighted by molar-refractivity contribution is 7.80. The Hall–Kier alpha value is -3.58. The van der Waals surface area contributed by atoms with Crippen LogP contribution in [0, 0.1) is 5.92 Å². The summed E-state index contributed by atoms with van der Waals surface area (Å²) in [6.07, 6.45) is 1.58. The molecule has 0 saturated carbocycles. The number of aliphatic carboxylic acids is 1. The highest BCUT2D eigenvalue weighted by Gasteiger charge is 2.31. The normalized spacial score (nSPS) is 14.4. The Kier molecular flexibility index (Phi) is 10.9. The zero-order valence-corrected chi connectivity index (χ0v) is 21.6. The number of aromatic nitrogens is 1. The van der Waals surface area contributed by atoms with Crippen LogP contribution in [-0.4, -0.2) is 69.6 Å². The molecule has 0 bridgehead atoms. The highest BCUT2D eigenvalue weighted by Crippen LogP contribution is 2.18. The molecule has 13 heteroatoms. The van der Waals surface area contributed by atoms with E-state index in [-0.39, 0.29) is 25.0 Å². The second kappa shape index (κ2) is 13.7. The average Bonchev–Trinajstić information content (AvgIpc) is 3.25. The Morgan fingerprint density at radius 1 is 1.00 bits per heavy atom. The van der Waals surface area contributed by atoms with Gasteiger partial charge in [0.05, 0.1) is 6.04 Å². The zero-order chi connectivity index (χ0) is 27.7. The molecule has 0 aliphatic rings. The van der Waals surface area contributed by atoms with E-state index >= 15 is 0 Å². The van der Waals surface area contributed by atoms with Crippen LogP contribution in [0.15, 0.2) is 30.5 Å².